The molecule has 2 N–H and O–H groups in total. The molecule has 1 amide bonds. The Hall–Kier alpha value is -1.55. The summed E-state index contributed by atoms with van der Waals surface area (Å²) in [4.78, 5) is 11.7. The normalized spacial score (nSPS) is 14.3. The molecule has 0 bridgehead atoms. The highest BCUT2D eigenvalue weighted by Gasteiger charge is 2.16. The summed E-state index contributed by atoms with van der Waals surface area (Å²) in [5.41, 5.74) is 1.46. The van der Waals surface area contributed by atoms with Crippen molar-refractivity contribution in [3.05, 3.63) is 29.8 Å². The quantitative estimate of drug-likeness (QED) is 0.798. The van der Waals surface area contributed by atoms with Gasteiger partial charge in [0.1, 0.15) is 5.60 Å². The molecular formula is C18H30N2O2. The monoisotopic (exact) mass is 306 g/mol. The largest absolute Gasteiger partial charge is 0.444 e. The lowest BCUT2D eigenvalue weighted by molar-refractivity contribution is 0.0636. The lowest BCUT2D eigenvalue weighted by Crippen LogP contribution is -2.27. The molecule has 0 saturated heterocycles. The first-order valence-corrected chi connectivity index (χ1v) is 8.04. The fourth-order valence-electron chi connectivity index (χ4n) is 1.92. The van der Waals surface area contributed by atoms with Crippen molar-refractivity contribution in [3.8, 4) is 0 Å². The van der Waals surface area contributed by atoms with Crippen LogP contribution >= 0.6 is 0 Å². The number of ether oxygens (including phenoxy) is 1. The van der Waals surface area contributed by atoms with Crippen molar-refractivity contribution in [2.24, 2.45) is 5.92 Å². The number of amides is 1. The molecule has 0 aliphatic heterocycles. The van der Waals surface area contributed by atoms with Crippen LogP contribution in [0.1, 0.15) is 59.6 Å². The van der Waals surface area contributed by atoms with Crippen molar-refractivity contribution < 1.29 is 9.53 Å². The van der Waals surface area contributed by atoms with Gasteiger partial charge in [0.15, 0.2) is 0 Å². The van der Waals surface area contributed by atoms with Gasteiger partial charge in [-0.15, -0.1) is 0 Å². The zero-order valence-electron chi connectivity index (χ0n) is 14.7. The molecular weight excluding hydrogens is 276 g/mol. The molecule has 0 aromatic heterocycles. The second kappa shape index (κ2) is 8.18. The molecule has 4 nitrogen and oxygen atoms in total. The highest BCUT2D eigenvalue weighted by atomic mass is 16.6. The summed E-state index contributed by atoms with van der Waals surface area (Å²) in [5, 5.41) is 6.27. The molecule has 0 spiro atoms. The Kier molecular flexibility index (Phi) is 6.88. The van der Waals surface area contributed by atoms with E-state index in [1.807, 2.05) is 45.0 Å². The van der Waals surface area contributed by atoms with Gasteiger partial charge in [0, 0.05) is 11.7 Å². The topological polar surface area (TPSA) is 50.4 Å². The van der Waals surface area contributed by atoms with Crippen LogP contribution in [0.3, 0.4) is 0 Å². The van der Waals surface area contributed by atoms with Crippen LogP contribution in [0.5, 0.6) is 0 Å². The third-order valence-electron chi connectivity index (χ3n) is 3.53. The first kappa shape index (κ1) is 18.5. The van der Waals surface area contributed by atoms with Crippen LogP contribution in [0, 0.1) is 5.92 Å². The molecule has 2 unspecified atom stereocenters. The van der Waals surface area contributed by atoms with Crippen molar-refractivity contribution in [3.63, 3.8) is 0 Å². The van der Waals surface area contributed by atoms with E-state index in [4.69, 9.17) is 4.74 Å². The van der Waals surface area contributed by atoms with Crippen molar-refractivity contribution >= 4 is 11.8 Å². The van der Waals surface area contributed by atoms with E-state index in [9.17, 15) is 4.79 Å². The highest BCUT2D eigenvalue weighted by Crippen LogP contribution is 2.17. The van der Waals surface area contributed by atoms with Gasteiger partial charge in [0.05, 0.1) is 0 Å². The van der Waals surface area contributed by atoms with E-state index >= 15 is 0 Å². The molecule has 0 aliphatic rings. The zero-order chi connectivity index (χ0) is 16.8. The molecule has 4 heteroatoms. The smallest absolute Gasteiger partial charge is 0.412 e. The molecule has 0 fully saturated rings. The minimum atomic E-state index is -0.488. The van der Waals surface area contributed by atoms with Crippen molar-refractivity contribution in [1.29, 1.82) is 0 Å². The lowest BCUT2D eigenvalue weighted by Gasteiger charge is -2.20. The van der Waals surface area contributed by atoms with Crippen molar-refractivity contribution in [2.45, 2.75) is 59.6 Å². The summed E-state index contributed by atoms with van der Waals surface area (Å²) < 4.78 is 5.23. The van der Waals surface area contributed by atoms with Gasteiger partial charge in [0.25, 0.3) is 0 Å². The molecule has 1 aromatic rings. The minimum Gasteiger partial charge on any atom is -0.444 e. The third kappa shape index (κ3) is 6.94. The van der Waals surface area contributed by atoms with E-state index in [0.29, 0.717) is 12.0 Å². The van der Waals surface area contributed by atoms with Gasteiger partial charge in [-0.2, -0.15) is 0 Å². The number of hydrogen-bond acceptors (Lipinski definition) is 3. The van der Waals surface area contributed by atoms with Crippen LogP contribution in [0.4, 0.5) is 10.5 Å². The maximum Gasteiger partial charge on any atom is 0.412 e. The standard InChI is InChI=1S/C18H30N2O2/c1-7-13(2)12-19-14(3)15-8-10-16(11-9-15)20-17(21)22-18(4,5)6/h8-11,13-14,19H,7,12H2,1-6H3,(H,20,21). The lowest BCUT2D eigenvalue weighted by atomic mass is 10.1. The molecule has 1 aromatic carbocycles. The van der Waals surface area contributed by atoms with Crippen LogP contribution in [0.2, 0.25) is 0 Å². The number of nitrogens with one attached hydrogen (secondary N) is 2. The Morgan fingerprint density at radius 2 is 1.77 bits per heavy atom. The van der Waals surface area contributed by atoms with Gasteiger partial charge in [-0.25, -0.2) is 4.79 Å². The number of benzene rings is 1. The predicted molar refractivity (Wildman–Crippen MR) is 92.2 cm³/mol. The van der Waals surface area contributed by atoms with Gasteiger partial charge in [-0.3, -0.25) is 5.32 Å². The van der Waals surface area contributed by atoms with E-state index in [1.165, 1.54) is 12.0 Å². The van der Waals surface area contributed by atoms with Crippen LogP contribution in [0.15, 0.2) is 24.3 Å². The molecule has 22 heavy (non-hydrogen) atoms. The number of rotatable bonds is 6. The van der Waals surface area contributed by atoms with E-state index in [-0.39, 0.29) is 0 Å². The summed E-state index contributed by atoms with van der Waals surface area (Å²) in [7, 11) is 0. The average molecular weight is 306 g/mol. The van der Waals surface area contributed by atoms with Crippen LogP contribution in [-0.4, -0.2) is 18.2 Å². The predicted octanol–water partition coefficient (Wildman–Crippen LogP) is 4.73. The molecule has 124 valence electrons. The number of carbonyl (C=O) groups is 1. The Labute approximate surface area is 134 Å². The minimum absolute atomic E-state index is 0.296. The van der Waals surface area contributed by atoms with Crippen molar-refractivity contribution in [1.82, 2.24) is 5.32 Å². The molecule has 0 saturated carbocycles. The Balaban J connectivity index is 2.53. The van der Waals surface area contributed by atoms with Gasteiger partial charge in [-0.1, -0.05) is 32.4 Å². The van der Waals surface area contributed by atoms with Gasteiger partial charge < -0.3 is 10.1 Å². The van der Waals surface area contributed by atoms with Crippen LogP contribution < -0.4 is 10.6 Å². The SMILES string of the molecule is CCC(C)CNC(C)c1ccc(NC(=O)OC(C)(C)C)cc1. The van der Waals surface area contributed by atoms with E-state index in [0.717, 1.165) is 12.2 Å². The van der Waals surface area contributed by atoms with E-state index < -0.39 is 11.7 Å². The Morgan fingerprint density at radius 1 is 1.18 bits per heavy atom. The van der Waals surface area contributed by atoms with Crippen LogP contribution in [0.25, 0.3) is 0 Å². The fraction of sp³-hybridized carbons (Fsp3) is 0.611. The number of anilines is 1. The van der Waals surface area contributed by atoms with Crippen molar-refractivity contribution in [2.75, 3.05) is 11.9 Å². The first-order valence-electron chi connectivity index (χ1n) is 8.04. The summed E-state index contributed by atoms with van der Waals surface area (Å²) in [6, 6.07) is 8.16. The molecule has 0 radical (unpaired) electrons. The molecule has 0 heterocycles. The molecule has 0 aliphatic carbocycles. The average Bonchev–Trinajstić information content (AvgIpc) is 2.43. The van der Waals surface area contributed by atoms with Gasteiger partial charge in [-0.05, 0) is 57.9 Å². The van der Waals surface area contributed by atoms with Gasteiger partial charge in [0.2, 0.25) is 0 Å². The molecule has 1 rings (SSSR count). The molecule has 2 atom stereocenters. The second-order valence-electron chi connectivity index (χ2n) is 6.89. The number of carbonyl (C=O) groups excluding carboxylic acids is 1. The summed E-state index contributed by atoms with van der Waals surface area (Å²) in [6.45, 7) is 13.1. The Morgan fingerprint density at radius 3 is 2.27 bits per heavy atom. The summed E-state index contributed by atoms with van der Waals surface area (Å²) in [6.07, 6.45) is 0.751. The fourth-order valence-corrected chi connectivity index (χ4v) is 1.92. The maximum absolute atomic E-state index is 11.7. The third-order valence-corrected chi connectivity index (χ3v) is 3.53. The Bertz CT molecular complexity index is 463. The highest BCUT2D eigenvalue weighted by molar-refractivity contribution is 5.84. The first-order chi connectivity index (χ1) is 10.2. The van der Waals surface area contributed by atoms with E-state index in [1.54, 1.807) is 0 Å². The zero-order valence-corrected chi connectivity index (χ0v) is 14.7. The van der Waals surface area contributed by atoms with E-state index in [2.05, 4.69) is 31.4 Å². The van der Waals surface area contributed by atoms with Gasteiger partial charge >= 0.3 is 6.09 Å². The second-order valence-corrected chi connectivity index (χ2v) is 6.89. The summed E-state index contributed by atoms with van der Waals surface area (Å²) >= 11 is 0. The summed E-state index contributed by atoms with van der Waals surface area (Å²) in [5.74, 6) is 0.676. The van der Waals surface area contributed by atoms with Crippen LogP contribution in [-0.2, 0) is 4.74 Å². The maximum atomic E-state index is 11.7. The number of hydrogen-bond donors (Lipinski definition) is 2.